The zero-order valence-corrected chi connectivity index (χ0v) is 16.9. The van der Waals surface area contributed by atoms with Gasteiger partial charge in [-0.25, -0.2) is 9.67 Å². The Labute approximate surface area is 170 Å². The molecule has 0 saturated carbocycles. The number of benzene rings is 2. The van der Waals surface area contributed by atoms with Crippen LogP contribution in [0.3, 0.4) is 0 Å². The second-order valence-corrected chi connectivity index (χ2v) is 7.25. The number of aromatic nitrogens is 3. The molecule has 0 aliphatic rings. The van der Waals surface area contributed by atoms with Gasteiger partial charge in [0.15, 0.2) is 6.10 Å². The van der Waals surface area contributed by atoms with Crippen molar-refractivity contribution < 1.29 is 9.53 Å². The summed E-state index contributed by atoms with van der Waals surface area (Å²) in [7, 11) is 0. The molecule has 8 heteroatoms. The Hall–Kier alpha value is -2.38. The van der Waals surface area contributed by atoms with Crippen molar-refractivity contribution in [1.82, 2.24) is 20.1 Å². The summed E-state index contributed by atoms with van der Waals surface area (Å²) in [6.07, 6.45) is 2.55. The van der Waals surface area contributed by atoms with Gasteiger partial charge in [0.1, 0.15) is 18.4 Å². The van der Waals surface area contributed by atoms with Crippen molar-refractivity contribution in [3.05, 3.63) is 75.7 Å². The van der Waals surface area contributed by atoms with Crippen molar-refractivity contribution in [2.45, 2.75) is 26.1 Å². The lowest BCUT2D eigenvalue weighted by molar-refractivity contribution is -0.127. The maximum absolute atomic E-state index is 12.3. The van der Waals surface area contributed by atoms with Gasteiger partial charge in [-0.1, -0.05) is 35.9 Å². The Morgan fingerprint density at radius 2 is 2.00 bits per heavy atom. The molecule has 2 aromatic carbocycles. The van der Waals surface area contributed by atoms with Gasteiger partial charge < -0.3 is 10.1 Å². The number of hydrogen-bond donors (Lipinski definition) is 1. The maximum Gasteiger partial charge on any atom is 0.261 e. The fourth-order valence-electron chi connectivity index (χ4n) is 2.41. The standard InChI is InChI=1S/C19H18BrClN4O2/c1-13(27-18-7-6-16(21)8-17(18)20)19(26)23-9-14-2-4-15(5-3-14)10-25-12-22-11-24-25/h2-8,11-13H,9-10H2,1H3,(H,23,26)/t13-/m1/s1. The molecule has 27 heavy (non-hydrogen) atoms. The molecular weight excluding hydrogens is 432 g/mol. The molecule has 0 aliphatic carbocycles. The lowest BCUT2D eigenvalue weighted by atomic mass is 10.1. The zero-order chi connectivity index (χ0) is 19.2. The fourth-order valence-corrected chi connectivity index (χ4v) is 3.19. The summed E-state index contributed by atoms with van der Waals surface area (Å²) in [5, 5.41) is 7.56. The molecule has 1 heterocycles. The minimum absolute atomic E-state index is 0.191. The molecule has 1 N–H and O–H groups in total. The lowest BCUT2D eigenvalue weighted by Crippen LogP contribution is -2.35. The maximum atomic E-state index is 12.3. The molecule has 0 fully saturated rings. The largest absolute Gasteiger partial charge is 0.480 e. The van der Waals surface area contributed by atoms with Crippen LogP contribution in [0.5, 0.6) is 5.75 Å². The number of hydrogen-bond acceptors (Lipinski definition) is 4. The summed E-state index contributed by atoms with van der Waals surface area (Å²) >= 11 is 9.29. The number of carbonyl (C=O) groups is 1. The van der Waals surface area contributed by atoms with Crippen LogP contribution in [0.15, 0.2) is 59.6 Å². The molecule has 0 saturated heterocycles. The SMILES string of the molecule is C[C@@H](Oc1ccc(Cl)cc1Br)C(=O)NCc1ccc(Cn2cncn2)cc1. The number of rotatable bonds is 7. The van der Waals surface area contributed by atoms with Crippen LogP contribution >= 0.6 is 27.5 Å². The van der Waals surface area contributed by atoms with E-state index in [0.29, 0.717) is 28.3 Å². The van der Waals surface area contributed by atoms with Crippen LogP contribution in [0, 0.1) is 0 Å². The van der Waals surface area contributed by atoms with Gasteiger partial charge in [-0.3, -0.25) is 4.79 Å². The quantitative estimate of drug-likeness (QED) is 0.595. The van der Waals surface area contributed by atoms with Crippen molar-refractivity contribution in [1.29, 1.82) is 0 Å². The van der Waals surface area contributed by atoms with Crippen molar-refractivity contribution in [3.63, 3.8) is 0 Å². The van der Waals surface area contributed by atoms with Crippen LogP contribution in [0.2, 0.25) is 5.02 Å². The molecule has 0 spiro atoms. The number of halogens is 2. The highest BCUT2D eigenvalue weighted by molar-refractivity contribution is 9.10. The highest BCUT2D eigenvalue weighted by Crippen LogP contribution is 2.28. The third-order valence-electron chi connectivity index (χ3n) is 3.87. The molecule has 3 aromatic rings. The summed E-state index contributed by atoms with van der Waals surface area (Å²) in [5.74, 6) is 0.378. The van der Waals surface area contributed by atoms with Crippen LogP contribution in [0.25, 0.3) is 0 Å². The lowest BCUT2D eigenvalue weighted by Gasteiger charge is -2.16. The Morgan fingerprint density at radius 1 is 1.26 bits per heavy atom. The van der Waals surface area contributed by atoms with Crippen LogP contribution in [-0.2, 0) is 17.9 Å². The van der Waals surface area contributed by atoms with Gasteiger partial charge in [0, 0.05) is 11.6 Å². The van der Waals surface area contributed by atoms with Crippen LogP contribution < -0.4 is 10.1 Å². The molecule has 6 nitrogen and oxygen atoms in total. The van der Waals surface area contributed by atoms with Gasteiger partial charge >= 0.3 is 0 Å². The Balaban J connectivity index is 1.50. The fraction of sp³-hybridized carbons (Fsp3) is 0.211. The number of ether oxygens (including phenoxy) is 1. The summed E-state index contributed by atoms with van der Waals surface area (Å²) in [5.41, 5.74) is 2.12. The van der Waals surface area contributed by atoms with E-state index in [2.05, 4.69) is 31.3 Å². The number of carbonyl (C=O) groups excluding carboxylic acids is 1. The van der Waals surface area contributed by atoms with Gasteiger partial charge in [-0.15, -0.1) is 0 Å². The summed E-state index contributed by atoms with van der Waals surface area (Å²) in [6.45, 7) is 2.79. The minimum Gasteiger partial charge on any atom is -0.480 e. The molecule has 0 aliphatic heterocycles. The van der Waals surface area contributed by atoms with E-state index < -0.39 is 6.10 Å². The Bertz CT molecular complexity index is 901. The van der Waals surface area contributed by atoms with E-state index in [1.807, 2.05) is 24.3 Å². The van der Waals surface area contributed by atoms with E-state index in [1.165, 1.54) is 6.33 Å². The van der Waals surface area contributed by atoms with E-state index in [9.17, 15) is 4.79 Å². The van der Waals surface area contributed by atoms with Crippen LogP contribution in [0.1, 0.15) is 18.1 Å². The predicted octanol–water partition coefficient (Wildman–Crippen LogP) is 3.83. The first kappa shape index (κ1) is 19.4. The third-order valence-corrected chi connectivity index (χ3v) is 4.72. The first-order chi connectivity index (χ1) is 13.0. The average molecular weight is 450 g/mol. The minimum atomic E-state index is -0.630. The van der Waals surface area contributed by atoms with Crippen molar-refractivity contribution in [2.75, 3.05) is 0 Å². The van der Waals surface area contributed by atoms with Crippen molar-refractivity contribution >= 4 is 33.4 Å². The molecule has 0 bridgehead atoms. The Morgan fingerprint density at radius 3 is 2.67 bits per heavy atom. The molecular formula is C19H18BrClN4O2. The normalized spacial score (nSPS) is 11.8. The summed E-state index contributed by atoms with van der Waals surface area (Å²) < 4.78 is 8.16. The van der Waals surface area contributed by atoms with Crippen molar-refractivity contribution in [2.24, 2.45) is 0 Å². The highest BCUT2D eigenvalue weighted by atomic mass is 79.9. The van der Waals surface area contributed by atoms with E-state index in [0.717, 1.165) is 11.1 Å². The molecule has 0 unspecified atom stereocenters. The van der Waals surface area contributed by atoms with E-state index in [-0.39, 0.29) is 5.91 Å². The first-order valence-electron chi connectivity index (χ1n) is 8.31. The monoisotopic (exact) mass is 448 g/mol. The highest BCUT2D eigenvalue weighted by Gasteiger charge is 2.15. The van der Waals surface area contributed by atoms with Gasteiger partial charge in [-0.2, -0.15) is 5.10 Å². The number of nitrogens with one attached hydrogen (secondary N) is 1. The van der Waals surface area contributed by atoms with Gasteiger partial charge in [-0.05, 0) is 52.2 Å². The molecule has 0 radical (unpaired) electrons. The predicted molar refractivity (Wildman–Crippen MR) is 107 cm³/mol. The number of amides is 1. The summed E-state index contributed by atoms with van der Waals surface area (Å²) in [4.78, 5) is 16.2. The van der Waals surface area contributed by atoms with E-state index in [1.54, 1.807) is 36.1 Å². The smallest absolute Gasteiger partial charge is 0.261 e. The first-order valence-corrected chi connectivity index (χ1v) is 9.48. The van der Waals surface area contributed by atoms with Crippen LogP contribution in [0.4, 0.5) is 0 Å². The Kier molecular flexibility index (Phi) is 6.47. The van der Waals surface area contributed by atoms with Gasteiger partial charge in [0.25, 0.3) is 5.91 Å². The zero-order valence-electron chi connectivity index (χ0n) is 14.6. The second-order valence-electron chi connectivity index (χ2n) is 5.96. The topological polar surface area (TPSA) is 69.0 Å². The second kappa shape index (κ2) is 9.01. The van der Waals surface area contributed by atoms with Crippen molar-refractivity contribution in [3.8, 4) is 5.75 Å². The van der Waals surface area contributed by atoms with E-state index in [4.69, 9.17) is 16.3 Å². The van der Waals surface area contributed by atoms with Gasteiger partial charge in [0.05, 0.1) is 11.0 Å². The number of nitrogens with zero attached hydrogens (tertiary/aromatic N) is 3. The summed E-state index contributed by atoms with van der Waals surface area (Å²) in [6, 6.07) is 13.1. The molecule has 3 rings (SSSR count). The molecule has 1 aromatic heterocycles. The van der Waals surface area contributed by atoms with E-state index >= 15 is 0 Å². The molecule has 140 valence electrons. The average Bonchev–Trinajstić information content (AvgIpc) is 3.16. The third kappa shape index (κ3) is 5.55. The molecule has 1 amide bonds. The molecule has 1 atom stereocenters. The van der Waals surface area contributed by atoms with Crippen LogP contribution in [-0.4, -0.2) is 26.8 Å². The van der Waals surface area contributed by atoms with Gasteiger partial charge in [0.2, 0.25) is 0 Å².